The second-order valence-electron chi connectivity index (χ2n) is 4.14. The Hall–Kier alpha value is -2.96. The maximum absolute atomic E-state index is 12.1. The van der Waals surface area contributed by atoms with E-state index in [1.165, 1.54) is 24.4 Å². The molecule has 0 atom stereocenters. The van der Waals surface area contributed by atoms with Crippen LogP contribution in [0.1, 0.15) is 16.1 Å². The van der Waals surface area contributed by atoms with Crippen LogP contribution in [0.15, 0.2) is 36.5 Å². The Bertz CT molecular complexity index is 668. The Morgan fingerprint density at radius 3 is 2.70 bits per heavy atom. The lowest BCUT2D eigenvalue weighted by molar-refractivity contribution is -0.384. The largest absolute Gasteiger partial charge is 0.393 e. The SMILES string of the molecule is Cc1ccc(NC(=O)c2cccc(N)c2[N+](=O)[O-])cn1. The van der Waals surface area contributed by atoms with Gasteiger partial charge in [0.2, 0.25) is 0 Å². The Morgan fingerprint density at radius 1 is 1.35 bits per heavy atom. The molecule has 0 spiro atoms. The third kappa shape index (κ3) is 2.72. The Kier molecular flexibility index (Phi) is 3.60. The fourth-order valence-corrected chi connectivity index (χ4v) is 1.69. The number of nitro groups is 1. The molecule has 0 aliphatic rings. The number of nitro benzene ring substituents is 1. The molecular weight excluding hydrogens is 260 g/mol. The second-order valence-corrected chi connectivity index (χ2v) is 4.14. The maximum Gasteiger partial charge on any atom is 0.304 e. The predicted molar refractivity (Wildman–Crippen MR) is 74.4 cm³/mol. The molecule has 0 fully saturated rings. The van der Waals surface area contributed by atoms with Gasteiger partial charge < -0.3 is 11.1 Å². The van der Waals surface area contributed by atoms with E-state index in [9.17, 15) is 14.9 Å². The molecule has 0 radical (unpaired) electrons. The molecule has 1 aromatic carbocycles. The van der Waals surface area contributed by atoms with Crippen molar-refractivity contribution in [2.75, 3.05) is 11.1 Å². The van der Waals surface area contributed by atoms with Gasteiger partial charge in [-0.15, -0.1) is 0 Å². The second kappa shape index (κ2) is 5.35. The summed E-state index contributed by atoms with van der Waals surface area (Å²) in [5.41, 5.74) is 6.26. The quantitative estimate of drug-likeness (QED) is 0.505. The van der Waals surface area contributed by atoms with Crippen LogP contribution in [0.2, 0.25) is 0 Å². The van der Waals surface area contributed by atoms with E-state index >= 15 is 0 Å². The van der Waals surface area contributed by atoms with Crippen molar-refractivity contribution in [1.82, 2.24) is 4.98 Å². The van der Waals surface area contributed by atoms with Crippen LogP contribution >= 0.6 is 0 Å². The number of hydrogen-bond acceptors (Lipinski definition) is 5. The Labute approximate surface area is 114 Å². The highest BCUT2D eigenvalue weighted by atomic mass is 16.6. The Balaban J connectivity index is 2.32. The summed E-state index contributed by atoms with van der Waals surface area (Å²) in [6.07, 6.45) is 1.48. The van der Waals surface area contributed by atoms with Crippen molar-refractivity contribution in [3.63, 3.8) is 0 Å². The molecule has 0 aliphatic heterocycles. The minimum absolute atomic E-state index is 0.0512. The third-order valence-corrected chi connectivity index (χ3v) is 2.66. The maximum atomic E-state index is 12.1. The Morgan fingerprint density at radius 2 is 2.10 bits per heavy atom. The van der Waals surface area contributed by atoms with Gasteiger partial charge in [0.25, 0.3) is 5.91 Å². The van der Waals surface area contributed by atoms with Gasteiger partial charge in [-0.2, -0.15) is 0 Å². The zero-order chi connectivity index (χ0) is 14.7. The first kappa shape index (κ1) is 13.5. The summed E-state index contributed by atoms with van der Waals surface area (Å²) in [5, 5.41) is 13.5. The van der Waals surface area contributed by atoms with Crippen LogP contribution in [0, 0.1) is 17.0 Å². The molecule has 7 heteroatoms. The first-order valence-corrected chi connectivity index (χ1v) is 5.76. The lowest BCUT2D eigenvalue weighted by Gasteiger charge is -2.07. The number of carbonyl (C=O) groups is 1. The standard InChI is InChI=1S/C13H12N4O3/c1-8-5-6-9(7-15-8)16-13(18)10-3-2-4-11(14)12(10)17(19)20/h2-7H,14H2,1H3,(H,16,18). The van der Waals surface area contributed by atoms with E-state index in [0.717, 1.165) is 5.69 Å². The van der Waals surface area contributed by atoms with Crippen LogP contribution in [0.3, 0.4) is 0 Å². The van der Waals surface area contributed by atoms with Gasteiger partial charge in [-0.3, -0.25) is 19.9 Å². The normalized spacial score (nSPS) is 10.1. The molecule has 1 aromatic heterocycles. The molecule has 7 nitrogen and oxygen atoms in total. The topological polar surface area (TPSA) is 111 Å². The van der Waals surface area contributed by atoms with E-state index in [0.29, 0.717) is 5.69 Å². The fourth-order valence-electron chi connectivity index (χ4n) is 1.69. The zero-order valence-corrected chi connectivity index (χ0v) is 10.7. The van der Waals surface area contributed by atoms with Gasteiger partial charge in [-0.1, -0.05) is 6.07 Å². The van der Waals surface area contributed by atoms with Crippen LogP contribution in [0.4, 0.5) is 17.1 Å². The number of nitrogen functional groups attached to an aromatic ring is 1. The molecule has 0 saturated carbocycles. The molecule has 1 heterocycles. The number of para-hydroxylation sites is 1. The van der Waals surface area contributed by atoms with E-state index in [1.807, 2.05) is 6.92 Å². The van der Waals surface area contributed by atoms with E-state index in [-0.39, 0.29) is 11.3 Å². The average Bonchev–Trinajstić information content (AvgIpc) is 2.40. The van der Waals surface area contributed by atoms with Crippen molar-refractivity contribution in [3.8, 4) is 0 Å². The van der Waals surface area contributed by atoms with E-state index in [4.69, 9.17) is 5.73 Å². The first-order chi connectivity index (χ1) is 9.49. The molecule has 0 bridgehead atoms. The highest BCUT2D eigenvalue weighted by molar-refractivity contribution is 6.08. The molecule has 2 rings (SSSR count). The number of aryl methyl sites for hydroxylation is 1. The molecule has 0 aliphatic carbocycles. The molecule has 1 amide bonds. The third-order valence-electron chi connectivity index (χ3n) is 2.66. The van der Waals surface area contributed by atoms with Gasteiger partial charge in [0.05, 0.1) is 16.8 Å². The fraction of sp³-hybridized carbons (Fsp3) is 0.0769. The monoisotopic (exact) mass is 272 g/mol. The van der Waals surface area contributed by atoms with E-state index in [1.54, 1.807) is 12.1 Å². The molecule has 0 unspecified atom stereocenters. The smallest absolute Gasteiger partial charge is 0.304 e. The molecular formula is C13H12N4O3. The lowest BCUT2D eigenvalue weighted by Crippen LogP contribution is -2.15. The molecule has 3 N–H and O–H groups in total. The summed E-state index contributed by atoms with van der Waals surface area (Å²) in [7, 11) is 0. The number of rotatable bonds is 3. The minimum atomic E-state index is -0.669. The number of benzene rings is 1. The summed E-state index contributed by atoms with van der Waals surface area (Å²) in [5.74, 6) is -0.602. The summed E-state index contributed by atoms with van der Waals surface area (Å²) in [4.78, 5) is 26.4. The number of pyridine rings is 1. The van der Waals surface area contributed by atoms with E-state index in [2.05, 4.69) is 10.3 Å². The van der Waals surface area contributed by atoms with Crippen LogP contribution in [0.5, 0.6) is 0 Å². The zero-order valence-electron chi connectivity index (χ0n) is 10.7. The van der Waals surface area contributed by atoms with Crippen LogP contribution in [0.25, 0.3) is 0 Å². The summed E-state index contributed by atoms with van der Waals surface area (Å²) in [6.45, 7) is 1.81. The van der Waals surface area contributed by atoms with E-state index < -0.39 is 16.5 Å². The van der Waals surface area contributed by atoms with Crippen LogP contribution in [-0.4, -0.2) is 15.8 Å². The summed E-state index contributed by atoms with van der Waals surface area (Å²) >= 11 is 0. The first-order valence-electron chi connectivity index (χ1n) is 5.76. The molecule has 20 heavy (non-hydrogen) atoms. The predicted octanol–water partition coefficient (Wildman–Crippen LogP) is 2.13. The highest BCUT2D eigenvalue weighted by Gasteiger charge is 2.23. The number of anilines is 2. The minimum Gasteiger partial charge on any atom is -0.393 e. The van der Waals surface area contributed by atoms with Gasteiger partial charge in [0.15, 0.2) is 0 Å². The van der Waals surface area contributed by atoms with Gasteiger partial charge in [0, 0.05) is 5.69 Å². The van der Waals surface area contributed by atoms with Gasteiger partial charge >= 0.3 is 5.69 Å². The number of amides is 1. The number of carbonyl (C=O) groups excluding carboxylic acids is 1. The van der Waals surface area contributed by atoms with Crippen molar-refractivity contribution in [1.29, 1.82) is 0 Å². The van der Waals surface area contributed by atoms with Crippen molar-refractivity contribution in [2.24, 2.45) is 0 Å². The molecule has 2 aromatic rings. The number of nitrogens with one attached hydrogen (secondary N) is 1. The van der Waals surface area contributed by atoms with Gasteiger partial charge in [-0.05, 0) is 31.2 Å². The number of nitrogens with zero attached hydrogens (tertiary/aromatic N) is 2. The lowest BCUT2D eigenvalue weighted by atomic mass is 10.1. The number of aromatic nitrogens is 1. The van der Waals surface area contributed by atoms with Crippen molar-refractivity contribution in [2.45, 2.75) is 6.92 Å². The van der Waals surface area contributed by atoms with Crippen molar-refractivity contribution < 1.29 is 9.72 Å². The van der Waals surface area contributed by atoms with Crippen molar-refractivity contribution >= 4 is 23.0 Å². The average molecular weight is 272 g/mol. The van der Waals surface area contributed by atoms with Gasteiger partial charge in [-0.25, -0.2) is 0 Å². The van der Waals surface area contributed by atoms with Crippen LogP contribution in [-0.2, 0) is 0 Å². The van der Waals surface area contributed by atoms with Crippen molar-refractivity contribution in [3.05, 3.63) is 57.9 Å². The number of nitrogens with two attached hydrogens (primary N) is 1. The molecule has 0 saturated heterocycles. The summed E-state index contributed by atoms with van der Waals surface area (Å²) < 4.78 is 0. The number of hydrogen-bond donors (Lipinski definition) is 2. The molecule has 102 valence electrons. The van der Waals surface area contributed by atoms with Crippen LogP contribution < -0.4 is 11.1 Å². The highest BCUT2D eigenvalue weighted by Crippen LogP contribution is 2.26. The summed E-state index contributed by atoms with van der Waals surface area (Å²) in [6, 6.07) is 7.61. The van der Waals surface area contributed by atoms with Gasteiger partial charge in [0.1, 0.15) is 11.3 Å².